The van der Waals surface area contributed by atoms with Gasteiger partial charge in [-0.2, -0.15) is 0 Å². The molecular weight excluding hydrogens is 203 g/mol. The van der Waals surface area contributed by atoms with E-state index in [-0.39, 0.29) is 11.4 Å². The molecule has 2 N–H and O–H groups in total. The smallest absolute Gasteiger partial charge is 0.123 e. The van der Waals surface area contributed by atoms with Gasteiger partial charge in [0, 0.05) is 23.5 Å². The number of aromatic nitrogens is 1. The van der Waals surface area contributed by atoms with Gasteiger partial charge >= 0.3 is 0 Å². The van der Waals surface area contributed by atoms with Crippen LogP contribution in [0.25, 0.3) is 10.8 Å². The summed E-state index contributed by atoms with van der Waals surface area (Å²) in [5.41, 5.74) is 6.47. The molecule has 0 aliphatic carbocycles. The number of nitrogens with zero attached hydrogens (tertiary/aromatic N) is 1. The summed E-state index contributed by atoms with van der Waals surface area (Å²) >= 11 is 0. The summed E-state index contributed by atoms with van der Waals surface area (Å²) in [5.74, 6) is -0.239. The summed E-state index contributed by atoms with van der Waals surface area (Å²) < 4.78 is 13.2. The van der Waals surface area contributed by atoms with Gasteiger partial charge in [0.25, 0.3) is 0 Å². The Morgan fingerprint density at radius 1 is 1.31 bits per heavy atom. The molecule has 2 nitrogen and oxygen atoms in total. The molecule has 0 aliphatic rings. The zero-order chi connectivity index (χ0) is 11.8. The maximum absolute atomic E-state index is 13.2. The zero-order valence-electron chi connectivity index (χ0n) is 9.50. The van der Waals surface area contributed by atoms with Crippen LogP contribution >= 0.6 is 0 Å². The zero-order valence-corrected chi connectivity index (χ0v) is 9.50. The van der Waals surface area contributed by atoms with E-state index in [1.165, 1.54) is 12.1 Å². The Kier molecular flexibility index (Phi) is 2.64. The Hall–Kier alpha value is -1.48. The van der Waals surface area contributed by atoms with E-state index in [0.717, 1.165) is 16.5 Å². The van der Waals surface area contributed by atoms with Gasteiger partial charge in [-0.25, -0.2) is 4.39 Å². The van der Waals surface area contributed by atoms with E-state index in [4.69, 9.17) is 5.73 Å². The minimum absolute atomic E-state index is 0.239. The topological polar surface area (TPSA) is 38.9 Å². The van der Waals surface area contributed by atoms with Crippen molar-refractivity contribution in [2.24, 2.45) is 5.73 Å². The number of nitrogens with two attached hydrogens (primary N) is 1. The Morgan fingerprint density at radius 3 is 2.75 bits per heavy atom. The number of pyridine rings is 1. The molecule has 1 aromatic heterocycles. The molecule has 0 unspecified atom stereocenters. The van der Waals surface area contributed by atoms with E-state index < -0.39 is 0 Å². The third-order valence-electron chi connectivity index (χ3n) is 2.43. The van der Waals surface area contributed by atoms with Crippen molar-refractivity contribution in [2.45, 2.75) is 25.8 Å². The summed E-state index contributed by atoms with van der Waals surface area (Å²) in [6, 6.07) is 6.62. The van der Waals surface area contributed by atoms with Gasteiger partial charge in [-0.15, -0.1) is 0 Å². The highest BCUT2D eigenvalue weighted by atomic mass is 19.1. The second-order valence-corrected chi connectivity index (χ2v) is 4.79. The summed E-state index contributed by atoms with van der Waals surface area (Å²) in [4.78, 5) is 4.29. The minimum atomic E-state index is -0.340. The van der Waals surface area contributed by atoms with Crippen molar-refractivity contribution in [1.29, 1.82) is 0 Å². The van der Waals surface area contributed by atoms with Crippen LogP contribution in [0.15, 0.2) is 30.5 Å². The molecule has 0 fully saturated rings. The lowest BCUT2D eigenvalue weighted by Crippen LogP contribution is -2.34. The van der Waals surface area contributed by atoms with Crippen molar-refractivity contribution in [3.05, 3.63) is 42.0 Å². The van der Waals surface area contributed by atoms with Gasteiger partial charge in [0.2, 0.25) is 0 Å². The van der Waals surface area contributed by atoms with Crippen LogP contribution in [0.1, 0.15) is 19.5 Å². The Morgan fingerprint density at radius 2 is 2.06 bits per heavy atom. The fraction of sp³-hybridized carbons (Fsp3) is 0.308. The lowest BCUT2D eigenvalue weighted by molar-refractivity contribution is 0.512. The molecular formula is C13H15FN2. The van der Waals surface area contributed by atoms with Crippen LogP contribution in [0.4, 0.5) is 4.39 Å². The molecule has 0 saturated carbocycles. The van der Waals surface area contributed by atoms with E-state index in [1.54, 1.807) is 12.3 Å². The highest BCUT2D eigenvalue weighted by Gasteiger charge is 2.14. The fourth-order valence-electron chi connectivity index (χ4n) is 1.77. The standard InChI is InChI=1S/C13H15FN2/c1-13(2,15)8-12-11-7-10(14)4-3-9(11)5-6-16-12/h3-7H,8,15H2,1-2H3. The van der Waals surface area contributed by atoms with Crippen LogP contribution < -0.4 is 5.73 Å². The Labute approximate surface area is 94.3 Å². The number of rotatable bonds is 2. The molecule has 0 spiro atoms. The quantitative estimate of drug-likeness (QED) is 0.841. The van der Waals surface area contributed by atoms with Gasteiger partial charge < -0.3 is 5.73 Å². The summed E-state index contributed by atoms with van der Waals surface area (Å²) in [6.45, 7) is 3.87. The van der Waals surface area contributed by atoms with Gasteiger partial charge in [-0.05, 0) is 37.4 Å². The van der Waals surface area contributed by atoms with Crippen molar-refractivity contribution in [1.82, 2.24) is 4.98 Å². The van der Waals surface area contributed by atoms with Gasteiger partial charge in [0.1, 0.15) is 5.82 Å². The molecule has 2 rings (SSSR count). The number of hydrogen-bond donors (Lipinski definition) is 1. The van der Waals surface area contributed by atoms with Crippen LogP contribution in [0.5, 0.6) is 0 Å². The number of fused-ring (bicyclic) bond motifs is 1. The van der Waals surface area contributed by atoms with Crippen molar-refractivity contribution < 1.29 is 4.39 Å². The van der Waals surface area contributed by atoms with Crippen LogP contribution in [-0.2, 0) is 6.42 Å². The highest BCUT2D eigenvalue weighted by molar-refractivity contribution is 5.84. The summed E-state index contributed by atoms with van der Waals surface area (Å²) in [5, 5.41) is 1.84. The molecule has 0 bridgehead atoms. The molecule has 0 atom stereocenters. The Balaban J connectivity index is 2.56. The molecule has 2 aromatic rings. The highest BCUT2D eigenvalue weighted by Crippen LogP contribution is 2.20. The molecule has 3 heteroatoms. The van der Waals surface area contributed by atoms with E-state index in [0.29, 0.717) is 6.42 Å². The Bertz CT molecular complexity index is 515. The molecule has 16 heavy (non-hydrogen) atoms. The van der Waals surface area contributed by atoms with E-state index in [9.17, 15) is 4.39 Å². The summed E-state index contributed by atoms with van der Waals surface area (Å²) in [7, 11) is 0. The lowest BCUT2D eigenvalue weighted by Gasteiger charge is -2.18. The molecule has 1 aromatic carbocycles. The van der Waals surface area contributed by atoms with Crippen molar-refractivity contribution in [2.75, 3.05) is 0 Å². The largest absolute Gasteiger partial charge is 0.325 e. The first-order chi connectivity index (χ1) is 7.46. The van der Waals surface area contributed by atoms with Crippen LogP contribution in [0, 0.1) is 5.82 Å². The molecule has 84 valence electrons. The normalized spacial score (nSPS) is 12.0. The molecule has 0 saturated heterocycles. The minimum Gasteiger partial charge on any atom is -0.325 e. The monoisotopic (exact) mass is 218 g/mol. The van der Waals surface area contributed by atoms with E-state index in [1.807, 2.05) is 19.9 Å². The van der Waals surface area contributed by atoms with Gasteiger partial charge in [-0.1, -0.05) is 6.07 Å². The van der Waals surface area contributed by atoms with Crippen molar-refractivity contribution >= 4 is 10.8 Å². The van der Waals surface area contributed by atoms with Crippen molar-refractivity contribution in [3.8, 4) is 0 Å². The first-order valence-corrected chi connectivity index (χ1v) is 5.28. The third kappa shape index (κ3) is 2.36. The summed E-state index contributed by atoms with van der Waals surface area (Å²) in [6.07, 6.45) is 2.37. The number of benzene rings is 1. The first-order valence-electron chi connectivity index (χ1n) is 5.28. The first kappa shape index (κ1) is 11.0. The second kappa shape index (κ2) is 3.83. The fourth-order valence-corrected chi connectivity index (χ4v) is 1.77. The average Bonchev–Trinajstić information content (AvgIpc) is 2.17. The molecule has 1 heterocycles. The maximum Gasteiger partial charge on any atom is 0.123 e. The SMILES string of the molecule is CC(C)(N)Cc1nccc2ccc(F)cc12. The van der Waals surface area contributed by atoms with Crippen LogP contribution in [-0.4, -0.2) is 10.5 Å². The maximum atomic E-state index is 13.2. The molecule has 0 radical (unpaired) electrons. The van der Waals surface area contributed by atoms with Crippen LogP contribution in [0.3, 0.4) is 0 Å². The second-order valence-electron chi connectivity index (χ2n) is 4.79. The molecule has 0 aliphatic heterocycles. The predicted molar refractivity (Wildman–Crippen MR) is 63.7 cm³/mol. The molecule has 0 amide bonds. The number of halogens is 1. The van der Waals surface area contributed by atoms with Crippen molar-refractivity contribution in [3.63, 3.8) is 0 Å². The van der Waals surface area contributed by atoms with Gasteiger partial charge in [-0.3, -0.25) is 4.98 Å². The van der Waals surface area contributed by atoms with Gasteiger partial charge in [0.15, 0.2) is 0 Å². The van der Waals surface area contributed by atoms with E-state index in [2.05, 4.69) is 4.98 Å². The third-order valence-corrected chi connectivity index (χ3v) is 2.43. The van der Waals surface area contributed by atoms with E-state index >= 15 is 0 Å². The van der Waals surface area contributed by atoms with Gasteiger partial charge in [0.05, 0.1) is 5.69 Å². The predicted octanol–water partition coefficient (Wildman–Crippen LogP) is 2.65. The van der Waals surface area contributed by atoms with Crippen LogP contribution in [0.2, 0.25) is 0 Å². The lowest BCUT2D eigenvalue weighted by atomic mass is 9.96. The number of hydrogen-bond acceptors (Lipinski definition) is 2. The average molecular weight is 218 g/mol.